The maximum Gasteiger partial charge on any atom is 0.0340 e. The summed E-state index contributed by atoms with van der Waals surface area (Å²) in [6.07, 6.45) is 2.96. The summed E-state index contributed by atoms with van der Waals surface area (Å²) in [5.74, 6) is 6.55. The fourth-order valence-corrected chi connectivity index (χ4v) is 1.88. The SMILES string of the molecule is CC(C)(C)CC#CCc1ccc(CC(C)(C)C)cc1. The van der Waals surface area contributed by atoms with E-state index in [0.717, 1.165) is 19.3 Å². The minimum atomic E-state index is 0.309. The van der Waals surface area contributed by atoms with Crippen LogP contribution in [0.25, 0.3) is 0 Å². The largest absolute Gasteiger partial charge is 0.102 e. The smallest absolute Gasteiger partial charge is 0.0340 e. The molecule has 0 spiro atoms. The van der Waals surface area contributed by atoms with Gasteiger partial charge in [0, 0.05) is 12.8 Å². The molecule has 0 aliphatic rings. The Bertz CT molecular complexity index is 438. The van der Waals surface area contributed by atoms with Gasteiger partial charge in [0.05, 0.1) is 0 Å². The Kier molecular flexibility index (Phi) is 5.24. The van der Waals surface area contributed by atoms with Crippen molar-refractivity contribution in [3.05, 3.63) is 35.4 Å². The summed E-state index contributed by atoms with van der Waals surface area (Å²) in [6.45, 7) is 13.5. The van der Waals surface area contributed by atoms with E-state index in [1.807, 2.05) is 0 Å². The lowest BCUT2D eigenvalue weighted by atomic mass is 9.88. The molecule has 0 nitrogen and oxygen atoms in total. The molecule has 0 heteroatoms. The van der Waals surface area contributed by atoms with Gasteiger partial charge in [0.2, 0.25) is 0 Å². The highest BCUT2D eigenvalue weighted by atomic mass is 14.2. The van der Waals surface area contributed by atoms with E-state index in [-0.39, 0.29) is 0 Å². The zero-order chi connectivity index (χ0) is 14.5. The van der Waals surface area contributed by atoms with E-state index < -0.39 is 0 Å². The molecule has 0 bridgehead atoms. The lowest BCUT2D eigenvalue weighted by Gasteiger charge is -2.18. The third-order valence-electron chi connectivity index (χ3n) is 2.79. The summed E-state index contributed by atoms with van der Waals surface area (Å²) in [5, 5.41) is 0. The molecular weight excluding hydrogens is 228 g/mol. The van der Waals surface area contributed by atoms with E-state index in [0.29, 0.717) is 10.8 Å². The molecule has 0 aliphatic heterocycles. The van der Waals surface area contributed by atoms with Crippen molar-refractivity contribution >= 4 is 0 Å². The van der Waals surface area contributed by atoms with Crippen LogP contribution in [-0.4, -0.2) is 0 Å². The molecule has 0 saturated carbocycles. The second-order valence-electron chi connectivity index (χ2n) is 7.82. The van der Waals surface area contributed by atoms with Gasteiger partial charge in [-0.05, 0) is 28.4 Å². The van der Waals surface area contributed by atoms with Gasteiger partial charge in [-0.2, -0.15) is 0 Å². The second kappa shape index (κ2) is 6.29. The van der Waals surface area contributed by atoms with Crippen LogP contribution >= 0.6 is 0 Å². The number of hydrogen-bond donors (Lipinski definition) is 0. The molecule has 0 amide bonds. The normalized spacial score (nSPS) is 11.9. The molecule has 0 aliphatic carbocycles. The van der Waals surface area contributed by atoms with Crippen molar-refractivity contribution in [2.45, 2.75) is 60.8 Å². The summed E-state index contributed by atoms with van der Waals surface area (Å²) >= 11 is 0. The van der Waals surface area contributed by atoms with Crippen LogP contribution in [0.15, 0.2) is 24.3 Å². The minimum Gasteiger partial charge on any atom is -0.102 e. The molecule has 1 aromatic rings. The Labute approximate surface area is 119 Å². The van der Waals surface area contributed by atoms with Crippen LogP contribution in [0, 0.1) is 22.7 Å². The number of rotatable bonds is 2. The minimum absolute atomic E-state index is 0.309. The lowest BCUT2D eigenvalue weighted by molar-refractivity contribution is 0.411. The molecule has 19 heavy (non-hydrogen) atoms. The predicted molar refractivity (Wildman–Crippen MR) is 85.2 cm³/mol. The maximum absolute atomic E-state index is 3.28. The van der Waals surface area contributed by atoms with Crippen molar-refractivity contribution in [1.82, 2.24) is 0 Å². The van der Waals surface area contributed by atoms with Gasteiger partial charge in [-0.1, -0.05) is 71.7 Å². The van der Waals surface area contributed by atoms with Crippen LogP contribution in [0.1, 0.15) is 59.1 Å². The van der Waals surface area contributed by atoms with Crippen molar-refractivity contribution < 1.29 is 0 Å². The van der Waals surface area contributed by atoms with Crippen molar-refractivity contribution in [3.63, 3.8) is 0 Å². The first-order chi connectivity index (χ1) is 8.66. The Morgan fingerprint density at radius 2 is 1.26 bits per heavy atom. The summed E-state index contributed by atoms with van der Waals surface area (Å²) in [4.78, 5) is 0. The van der Waals surface area contributed by atoms with Crippen molar-refractivity contribution in [2.75, 3.05) is 0 Å². The zero-order valence-corrected chi connectivity index (χ0v) is 13.4. The molecule has 0 heterocycles. The zero-order valence-electron chi connectivity index (χ0n) is 13.4. The van der Waals surface area contributed by atoms with E-state index in [1.165, 1.54) is 11.1 Å². The molecular formula is C19H28. The van der Waals surface area contributed by atoms with Gasteiger partial charge in [-0.3, -0.25) is 0 Å². The third kappa shape index (κ3) is 7.73. The average Bonchev–Trinajstić information content (AvgIpc) is 2.23. The van der Waals surface area contributed by atoms with Gasteiger partial charge in [0.25, 0.3) is 0 Å². The summed E-state index contributed by atoms with van der Waals surface area (Å²) in [6, 6.07) is 8.91. The first-order valence-corrected chi connectivity index (χ1v) is 7.19. The third-order valence-corrected chi connectivity index (χ3v) is 2.79. The fourth-order valence-electron chi connectivity index (χ4n) is 1.88. The maximum atomic E-state index is 3.28. The van der Waals surface area contributed by atoms with Gasteiger partial charge in [0.1, 0.15) is 0 Å². The molecule has 0 unspecified atom stereocenters. The molecule has 0 atom stereocenters. The van der Waals surface area contributed by atoms with E-state index >= 15 is 0 Å². The molecule has 0 aromatic heterocycles. The summed E-state index contributed by atoms with van der Waals surface area (Å²) < 4.78 is 0. The van der Waals surface area contributed by atoms with Crippen LogP contribution in [-0.2, 0) is 12.8 Å². The number of benzene rings is 1. The highest BCUT2D eigenvalue weighted by Crippen LogP contribution is 2.20. The van der Waals surface area contributed by atoms with Crippen molar-refractivity contribution in [3.8, 4) is 11.8 Å². The quantitative estimate of drug-likeness (QED) is 0.633. The highest BCUT2D eigenvalue weighted by Gasteiger charge is 2.10. The van der Waals surface area contributed by atoms with Crippen LogP contribution in [0.5, 0.6) is 0 Å². The van der Waals surface area contributed by atoms with Crippen LogP contribution in [0.4, 0.5) is 0 Å². The average molecular weight is 256 g/mol. The van der Waals surface area contributed by atoms with E-state index in [4.69, 9.17) is 0 Å². The molecule has 104 valence electrons. The molecule has 0 saturated heterocycles. The van der Waals surface area contributed by atoms with Crippen LogP contribution in [0.3, 0.4) is 0 Å². The number of hydrogen-bond acceptors (Lipinski definition) is 0. The van der Waals surface area contributed by atoms with E-state index in [2.05, 4.69) is 77.6 Å². The van der Waals surface area contributed by atoms with E-state index in [1.54, 1.807) is 0 Å². The lowest BCUT2D eigenvalue weighted by Crippen LogP contribution is -2.08. The molecule has 1 aromatic carbocycles. The predicted octanol–water partition coefficient (Wildman–Crippen LogP) is 5.26. The van der Waals surface area contributed by atoms with Gasteiger partial charge in [-0.15, -0.1) is 5.92 Å². The van der Waals surface area contributed by atoms with Gasteiger partial charge in [-0.25, -0.2) is 0 Å². The van der Waals surface area contributed by atoms with Crippen molar-refractivity contribution in [1.29, 1.82) is 0 Å². The van der Waals surface area contributed by atoms with Gasteiger partial charge >= 0.3 is 0 Å². The van der Waals surface area contributed by atoms with Crippen molar-refractivity contribution in [2.24, 2.45) is 10.8 Å². The van der Waals surface area contributed by atoms with Gasteiger partial charge in [0.15, 0.2) is 0 Å². The van der Waals surface area contributed by atoms with Gasteiger partial charge < -0.3 is 0 Å². The monoisotopic (exact) mass is 256 g/mol. The van der Waals surface area contributed by atoms with Crippen LogP contribution in [0.2, 0.25) is 0 Å². The Hall–Kier alpha value is -1.22. The standard InChI is InChI=1S/C19H28/c1-18(2,3)14-8-7-9-16-10-12-17(13-11-16)15-19(4,5)6/h10-13H,9,14-15H2,1-6H3. The molecule has 1 rings (SSSR count). The summed E-state index contributed by atoms with van der Waals surface area (Å²) in [7, 11) is 0. The van der Waals surface area contributed by atoms with E-state index in [9.17, 15) is 0 Å². The first-order valence-electron chi connectivity index (χ1n) is 7.19. The fraction of sp³-hybridized carbons (Fsp3) is 0.579. The molecule has 0 fully saturated rings. The molecule has 0 N–H and O–H groups in total. The topological polar surface area (TPSA) is 0 Å². The second-order valence-corrected chi connectivity index (χ2v) is 7.82. The molecule has 0 radical (unpaired) electrons. The van der Waals surface area contributed by atoms with Crippen LogP contribution < -0.4 is 0 Å². The Morgan fingerprint density at radius 1 is 0.737 bits per heavy atom. The highest BCUT2D eigenvalue weighted by molar-refractivity contribution is 5.26. The Balaban J connectivity index is 2.53. The summed E-state index contributed by atoms with van der Waals surface area (Å²) in [5.41, 5.74) is 3.40. The first kappa shape index (κ1) is 15.8. The Morgan fingerprint density at radius 3 is 1.74 bits per heavy atom.